The van der Waals surface area contributed by atoms with Crippen molar-refractivity contribution in [3.8, 4) is 0 Å². The van der Waals surface area contributed by atoms with Crippen molar-refractivity contribution in [1.82, 2.24) is 9.58 Å². The molecule has 1 aromatic heterocycles. The summed E-state index contributed by atoms with van der Waals surface area (Å²) in [6.07, 6.45) is 0. The van der Waals surface area contributed by atoms with Crippen molar-refractivity contribution < 1.29 is 0 Å². The average Bonchev–Trinajstić information content (AvgIpc) is 2.82. The maximum atomic E-state index is 6.25. The third-order valence-electron chi connectivity index (χ3n) is 4.22. The van der Waals surface area contributed by atoms with E-state index in [4.69, 9.17) is 11.6 Å². The number of nitrogens with zero attached hydrogens (tertiary/aromatic N) is 3. The second-order valence-corrected chi connectivity index (χ2v) is 6.16. The summed E-state index contributed by atoms with van der Waals surface area (Å²) in [5, 5.41) is 3.31. The number of piperazine rings is 1. The quantitative estimate of drug-likeness (QED) is 0.862. The first-order chi connectivity index (χ1) is 10.1. The first-order valence-electron chi connectivity index (χ1n) is 7.51. The summed E-state index contributed by atoms with van der Waals surface area (Å²) in [5.41, 5.74) is 3.85. The first kappa shape index (κ1) is 14.5. The van der Waals surface area contributed by atoms with Crippen LogP contribution in [0.2, 0.25) is 5.02 Å². The van der Waals surface area contributed by atoms with Gasteiger partial charge in [-0.1, -0.05) is 29.8 Å². The normalized spacial score (nSPS) is 16.4. The van der Waals surface area contributed by atoms with Crippen molar-refractivity contribution in [2.45, 2.75) is 20.4 Å². The number of hydrogen-bond acceptors (Lipinski definition) is 2. The van der Waals surface area contributed by atoms with E-state index in [9.17, 15) is 0 Å². The molecule has 3 rings (SSSR count). The molecule has 1 aromatic carbocycles. The standard InChI is InChI=1S/C17H22ClN3/c1-14-7-8-15(2)21(14)20-11-9-19(10-12-20)13-16-5-3-4-6-17(16)18/h3-8H,9-13H2,1-2H3. The van der Waals surface area contributed by atoms with Gasteiger partial charge in [0.1, 0.15) is 0 Å². The van der Waals surface area contributed by atoms with Crippen LogP contribution >= 0.6 is 11.6 Å². The SMILES string of the molecule is Cc1ccc(C)n1N1CCN(Cc2ccccc2Cl)CC1. The molecule has 1 aliphatic heterocycles. The maximum Gasteiger partial charge on any atom is 0.0472 e. The minimum Gasteiger partial charge on any atom is -0.310 e. The minimum absolute atomic E-state index is 0.872. The zero-order chi connectivity index (χ0) is 14.8. The molecule has 0 aliphatic carbocycles. The van der Waals surface area contributed by atoms with Crippen molar-refractivity contribution in [3.05, 3.63) is 58.4 Å². The van der Waals surface area contributed by atoms with Crippen LogP contribution in [-0.2, 0) is 6.54 Å². The molecule has 0 bridgehead atoms. The van der Waals surface area contributed by atoms with Crippen LogP contribution in [0.15, 0.2) is 36.4 Å². The molecular weight excluding hydrogens is 282 g/mol. The van der Waals surface area contributed by atoms with Crippen LogP contribution in [0.25, 0.3) is 0 Å². The molecule has 0 spiro atoms. The smallest absolute Gasteiger partial charge is 0.0472 e. The summed E-state index contributed by atoms with van der Waals surface area (Å²) in [6.45, 7) is 9.54. The Morgan fingerprint density at radius 2 is 1.52 bits per heavy atom. The van der Waals surface area contributed by atoms with Gasteiger partial charge in [-0.25, -0.2) is 0 Å². The highest BCUT2D eigenvalue weighted by Crippen LogP contribution is 2.18. The molecule has 3 nitrogen and oxygen atoms in total. The fourth-order valence-corrected chi connectivity index (χ4v) is 3.27. The van der Waals surface area contributed by atoms with E-state index < -0.39 is 0 Å². The maximum absolute atomic E-state index is 6.25. The van der Waals surface area contributed by atoms with Crippen LogP contribution in [0.3, 0.4) is 0 Å². The Morgan fingerprint density at radius 1 is 0.905 bits per heavy atom. The summed E-state index contributed by atoms with van der Waals surface area (Å²) in [5.74, 6) is 0. The van der Waals surface area contributed by atoms with Gasteiger partial charge in [0.25, 0.3) is 0 Å². The molecule has 2 heterocycles. The van der Waals surface area contributed by atoms with Gasteiger partial charge >= 0.3 is 0 Å². The number of rotatable bonds is 3. The topological polar surface area (TPSA) is 11.4 Å². The lowest BCUT2D eigenvalue weighted by Crippen LogP contribution is -2.51. The Balaban J connectivity index is 1.62. The minimum atomic E-state index is 0.872. The lowest BCUT2D eigenvalue weighted by atomic mass is 10.2. The molecule has 0 amide bonds. The molecule has 0 saturated carbocycles. The monoisotopic (exact) mass is 303 g/mol. The van der Waals surface area contributed by atoms with Crippen molar-refractivity contribution in [1.29, 1.82) is 0 Å². The predicted octanol–water partition coefficient (Wildman–Crippen LogP) is 3.21. The highest BCUT2D eigenvalue weighted by molar-refractivity contribution is 6.31. The molecule has 21 heavy (non-hydrogen) atoms. The Bertz CT molecular complexity index is 593. The summed E-state index contributed by atoms with van der Waals surface area (Å²) in [4.78, 5) is 2.48. The van der Waals surface area contributed by atoms with Gasteiger partial charge < -0.3 is 5.01 Å². The van der Waals surface area contributed by atoms with Gasteiger partial charge in [0.05, 0.1) is 0 Å². The van der Waals surface area contributed by atoms with Crippen molar-refractivity contribution in [2.24, 2.45) is 0 Å². The van der Waals surface area contributed by atoms with Gasteiger partial charge in [-0.3, -0.25) is 9.58 Å². The van der Waals surface area contributed by atoms with Gasteiger partial charge in [0.2, 0.25) is 0 Å². The number of benzene rings is 1. The van der Waals surface area contributed by atoms with Gasteiger partial charge in [-0.15, -0.1) is 0 Å². The van der Waals surface area contributed by atoms with E-state index in [-0.39, 0.29) is 0 Å². The average molecular weight is 304 g/mol. The summed E-state index contributed by atoms with van der Waals surface area (Å²) >= 11 is 6.25. The van der Waals surface area contributed by atoms with Crippen LogP contribution in [-0.4, -0.2) is 35.8 Å². The summed E-state index contributed by atoms with van der Waals surface area (Å²) in [6, 6.07) is 12.5. The second-order valence-electron chi connectivity index (χ2n) is 5.75. The van der Waals surface area contributed by atoms with E-state index in [2.05, 4.69) is 52.7 Å². The molecule has 0 atom stereocenters. The predicted molar refractivity (Wildman–Crippen MR) is 88.6 cm³/mol. The lowest BCUT2D eigenvalue weighted by Gasteiger charge is -2.38. The van der Waals surface area contributed by atoms with E-state index in [1.807, 2.05) is 12.1 Å². The van der Waals surface area contributed by atoms with E-state index in [1.165, 1.54) is 17.0 Å². The number of aromatic nitrogens is 1. The van der Waals surface area contributed by atoms with Gasteiger partial charge in [-0.05, 0) is 37.6 Å². The van der Waals surface area contributed by atoms with Crippen molar-refractivity contribution >= 4 is 11.6 Å². The highest BCUT2D eigenvalue weighted by atomic mass is 35.5. The third kappa shape index (κ3) is 3.09. The van der Waals surface area contributed by atoms with Gasteiger partial charge in [-0.2, -0.15) is 0 Å². The fraction of sp³-hybridized carbons (Fsp3) is 0.412. The van der Waals surface area contributed by atoms with Crippen molar-refractivity contribution in [3.63, 3.8) is 0 Å². The molecule has 0 radical (unpaired) electrons. The number of aryl methyl sites for hydroxylation is 2. The number of halogens is 1. The van der Waals surface area contributed by atoms with Crippen LogP contribution in [0.1, 0.15) is 17.0 Å². The van der Waals surface area contributed by atoms with E-state index in [0.29, 0.717) is 0 Å². The molecular formula is C17H22ClN3. The highest BCUT2D eigenvalue weighted by Gasteiger charge is 2.19. The van der Waals surface area contributed by atoms with Gasteiger partial charge in [0.15, 0.2) is 0 Å². The van der Waals surface area contributed by atoms with Gasteiger partial charge in [0, 0.05) is 49.1 Å². The molecule has 1 saturated heterocycles. The Hall–Kier alpha value is -1.45. The van der Waals surface area contributed by atoms with Crippen LogP contribution < -0.4 is 5.01 Å². The summed E-state index contributed by atoms with van der Waals surface area (Å²) in [7, 11) is 0. The first-order valence-corrected chi connectivity index (χ1v) is 7.89. The van der Waals surface area contributed by atoms with E-state index >= 15 is 0 Å². The van der Waals surface area contributed by atoms with Crippen molar-refractivity contribution in [2.75, 3.05) is 31.2 Å². The van der Waals surface area contributed by atoms with Crippen LogP contribution in [0, 0.1) is 13.8 Å². The second kappa shape index (κ2) is 6.12. The lowest BCUT2D eigenvalue weighted by molar-refractivity contribution is 0.231. The molecule has 112 valence electrons. The van der Waals surface area contributed by atoms with Crippen LogP contribution in [0.4, 0.5) is 0 Å². The number of hydrogen-bond donors (Lipinski definition) is 0. The molecule has 0 unspecified atom stereocenters. The fourth-order valence-electron chi connectivity index (χ4n) is 3.07. The zero-order valence-electron chi connectivity index (χ0n) is 12.7. The molecule has 1 aliphatic rings. The Kier molecular flexibility index (Phi) is 4.22. The molecule has 1 fully saturated rings. The Labute approximate surface area is 131 Å². The third-order valence-corrected chi connectivity index (χ3v) is 4.59. The van der Waals surface area contributed by atoms with E-state index in [0.717, 1.165) is 37.7 Å². The largest absolute Gasteiger partial charge is 0.310 e. The van der Waals surface area contributed by atoms with E-state index in [1.54, 1.807) is 0 Å². The Morgan fingerprint density at radius 3 is 2.14 bits per heavy atom. The zero-order valence-corrected chi connectivity index (χ0v) is 13.5. The molecule has 4 heteroatoms. The van der Waals surface area contributed by atoms with Crippen LogP contribution in [0.5, 0.6) is 0 Å². The molecule has 0 N–H and O–H groups in total. The molecule has 2 aromatic rings. The summed E-state index contributed by atoms with van der Waals surface area (Å²) < 4.78 is 2.34.